The smallest absolute Gasteiger partial charge is 0.295 e. The van der Waals surface area contributed by atoms with Gasteiger partial charge in [0, 0.05) is 18.7 Å². The molecule has 1 saturated heterocycles. The van der Waals surface area contributed by atoms with Gasteiger partial charge in [0.25, 0.3) is 11.7 Å². The van der Waals surface area contributed by atoms with Crippen molar-refractivity contribution in [1.82, 2.24) is 9.80 Å². The average molecular weight is 469 g/mol. The summed E-state index contributed by atoms with van der Waals surface area (Å²) in [6.07, 6.45) is 0. The molecule has 34 heavy (non-hydrogen) atoms. The molecule has 0 bridgehead atoms. The van der Waals surface area contributed by atoms with Crippen LogP contribution in [0.4, 0.5) is 0 Å². The lowest BCUT2D eigenvalue weighted by molar-refractivity contribution is -0.140. The van der Waals surface area contributed by atoms with Crippen molar-refractivity contribution in [1.29, 1.82) is 0 Å². The fraction of sp³-hybridized carbons (Fsp3) is 0.385. The summed E-state index contributed by atoms with van der Waals surface area (Å²) in [5, 5.41) is 21.3. The van der Waals surface area contributed by atoms with Crippen molar-refractivity contribution in [3.63, 3.8) is 0 Å². The minimum Gasteiger partial charge on any atom is -0.507 e. The number of aliphatic hydroxyl groups excluding tert-OH is 1. The van der Waals surface area contributed by atoms with E-state index in [4.69, 9.17) is 9.47 Å². The molecule has 1 heterocycles. The van der Waals surface area contributed by atoms with Gasteiger partial charge in [0.15, 0.2) is 11.5 Å². The number of aliphatic hydroxyl groups is 1. The summed E-state index contributed by atoms with van der Waals surface area (Å²) in [4.78, 5) is 30.0. The van der Waals surface area contributed by atoms with E-state index in [-0.39, 0.29) is 22.8 Å². The molecule has 0 aliphatic carbocycles. The molecule has 0 radical (unpaired) electrons. The summed E-state index contributed by atoms with van der Waals surface area (Å²) in [6.45, 7) is 8.40. The van der Waals surface area contributed by atoms with Gasteiger partial charge in [-0.2, -0.15) is 0 Å². The van der Waals surface area contributed by atoms with Crippen molar-refractivity contribution in [2.45, 2.75) is 26.8 Å². The van der Waals surface area contributed by atoms with Crippen LogP contribution in [0.1, 0.15) is 36.6 Å². The molecule has 1 aliphatic rings. The van der Waals surface area contributed by atoms with Crippen LogP contribution >= 0.6 is 0 Å². The van der Waals surface area contributed by atoms with Crippen LogP contribution < -0.4 is 9.47 Å². The van der Waals surface area contributed by atoms with Crippen LogP contribution in [0, 0.1) is 6.92 Å². The van der Waals surface area contributed by atoms with Crippen LogP contribution in [0.25, 0.3) is 5.76 Å². The number of carbonyl (C=O) groups excluding carboxylic acids is 2. The highest BCUT2D eigenvalue weighted by molar-refractivity contribution is 6.46. The number of hydrogen-bond donors (Lipinski definition) is 2. The molecule has 1 atom stereocenters. The number of rotatable bonds is 9. The highest BCUT2D eigenvalue weighted by Crippen LogP contribution is 2.42. The fourth-order valence-corrected chi connectivity index (χ4v) is 4.29. The maximum absolute atomic E-state index is 13.2. The van der Waals surface area contributed by atoms with Crippen molar-refractivity contribution in [2.75, 3.05) is 40.4 Å². The van der Waals surface area contributed by atoms with Crippen LogP contribution in [-0.2, 0) is 9.59 Å². The summed E-state index contributed by atoms with van der Waals surface area (Å²) in [7, 11) is 2.98. The third kappa shape index (κ3) is 4.72. The number of nitrogens with zero attached hydrogens (tertiary/aromatic N) is 2. The number of aromatic hydroxyl groups is 1. The molecular formula is C26H32N2O6. The molecule has 0 saturated carbocycles. The Morgan fingerprint density at radius 3 is 2.29 bits per heavy atom. The number of likely N-dealkylation sites (N-methyl/N-ethyl adjacent to an activating group) is 1. The van der Waals surface area contributed by atoms with E-state index in [0.717, 1.165) is 18.7 Å². The van der Waals surface area contributed by atoms with Crippen molar-refractivity contribution in [2.24, 2.45) is 0 Å². The monoisotopic (exact) mass is 468 g/mol. The second-order valence-electron chi connectivity index (χ2n) is 8.14. The molecule has 1 fully saturated rings. The molecule has 0 spiro atoms. The molecule has 2 aromatic carbocycles. The van der Waals surface area contributed by atoms with Crippen LogP contribution in [-0.4, -0.2) is 72.1 Å². The number of benzene rings is 2. The summed E-state index contributed by atoms with van der Waals surface area (Å²) in [5.74, 6) is -0.870. The molecule has 8 nitrogen and oxygen atoms in total. The van der Waals surface area contributed by atoms with Crippen molar-refractivity contribution in [3.05, 3.63) is 58.7 Å². The van der Waals surface area contributed by atoms with E-state index in [1.165, 1.54) is 18.1 Å². The maximum atomic E-state index is 13.2. The first kappa shape index (κ1) is 25.1. The normalized spacial score (nSPS) is 17.5. The zero-order chi connectivity index (χ0) is 25.0. The highest BCUT2D eigenvalue weighted by atomic mass is 16.5. The summed E-state index contributed by atoms with van der Waals surface area (Å²) in [5.41, 5.74) is 1.75. The lowest BCUT2D eigenvalue weighted by Crippen LogP contribution is -2.38. The van der Waals surface area contributed by atoms with E-state index >= 15 is 0 Å². The Hall–Kier alpha value is -3.52. The molecule has 0 aromatic heterocycles. The number of methoxy groups -OCH3 is 2. The van der Waals surface area contributed by atoms with E-state index in [1.807, 2.05) is 20.8 Å². The number of aryl methyl sites for hydroxylation is 1. The number of Topliss-reactive ketones (excluding diaryl/α,β-unsaturated/α-hetero) is 1. The van der Waals surface area contributed by atoms with E-state index in [9.17, 15) is 19.8 Å². The van der Waals surface area contributed by atoms with E-state index in [1.54, 1.807) is 37.4 Å². The molecule has 3 rings (SSSR count). The topological polar surface area (TPSA) is 99.5 Å². The SMILES string of the molecule is CCN(CC)CCN1C(=O)C(=O)/C(=C(/O)c2ccc(OC)c(C)c2)C1c1ccc(O)c(OC)c1. The largest absolute Gasteiger partial charge is 0.507 e. The predicted molar refractivity (Wildman–Crippen MR) is 129 cm³/mol. The lowest BCUT2D eigenvalue weighted by atomic mass is 9.94. The Labute approximate surface area is 200 Å². The number of hydrogen-bond acceptors (Lipinski definition) is 7. The Bertz CT molecular complexity index is 1110. The van der Waals surface area contributed by atoms with E-state index in [2.05, 4.69) is 4.90 Å². The number of ether oxygens (including phenoxy) is 2. The fourth-order valence-electron chi connectivity index (χ4n) is 4.29. The van der Waals surface area contributed by atoms with Gasteiger partial charge in [0.2, 0.25) is 0 Å². The Balaban J connectivity index is 2.16. The Morgan fingerprint density at radius 1 is 1.03 bits per heavy atom. The van der Waals surface area contributed by atoms with Crippen molar-refractivity contribution in [3.8, 4) is 17.2 Å². The highest BCUT2D eigenvalue weighted by Gasteiger charge is 2.46. The molecule has 8 heteroatoms. The van der Waals surface area contributed by atoms with Gasteiger partial charge >= 0.3 is 0 Å². The van der Waals surface area contributed by atoms with Gasteiger partial charge in [0.05, 0.1) is 25.8 Å². The standard InChI is InChI=1S/C26H32N2O6/c1-6-27(7-2)12-13-28-23(17-8-10-19(29)21(15-17)34-5)22(25(31)26(28)32)24(30)18-9-11-20(33-4)16(3)14-18/h8-11,14-15,23,29-30H,6-7,12-13H2,1-5H3/b24-22+. The van der Waals surface area contributed by atoms with Crippen molar-refractivity contribution >= 4 is 17.4 Å². The predicted octanol–water partition coefficient (Wildman–Crippen LogP) is 3.48. The summed E-state index contributed by atoms with van der Waals surface area (Å²) >= 11 is 0. The lowest BCUT2D eigenvalue weighted by Gasteiger charge is -2.28. The number of phenols is 1. The number of phenolic OH excluding ortho intramolecular Hbond substituents is 1. The van der Waals surface area contributed by atoms with Gasteiger partial charge < -0.3 is 29.5 Å². The van der Waals surface area contributed by atoms with Gasteiger partial charge in [-0.3, -0.25) is 9.59 Å². The van der Waals surface area contributed by atoms with Gasteiger partial charge in [-0.25, -0.2) is 0 Å². The van der Waals surface area contributed by atoms with Gasteiger partial charge in [-0.1, -0.05) is 19.9 Å². The molecule has 1 unspecified atom stereocenters. The minimum atomic E-state index is -0.826. The van der Waals surface area contributed by atoms with Gasteiger partial charge in [-0.15, -0.1) is 0 Å². The number of amides is 1. The average Bonchev–Trinajstić information content (AvgIpc) is 3.09. The summed E-state index contributed by atoms with van der Waals surface area (Å²) < 4.78 is 10.5. The summed E-state index contributed by atoms with van der Waals surface area (Å²) in [6, 6.07) is 8.92. The van der Waals surface area contributed by atoms with E-state index in [0.29, 0.717) is 30.0 Å². The molecule has 1 amide bonds. The third-order valence-electron chi connectivity index (χ3n) is 6.28. The third-order valence-corrected chi connectivity index (χ3v) is 6.28. The number of likely N-dealkylation sites (tertiary alicyclic amines) is 1. The second-order valence-corrected chi connectivity index (χ2v) is 8.14. The van der Waals surface area contributed by atoms with Crippen LogP contribution in [0.5, 0.6) is 17.2 Å². The van der Waals surface area contributed by atoms with Crippen LogP contribution in [0.2, 0.25) is 0 Å². The Morgan fingerprint density at radius 2 is 1.71 bits per heavy atom. The zero-order valence-electron chi connectivity index (χ0n) is 20.3. The van der Waals surface area contributed by atoms with Crippen LogP contribution in [0.3, 0.4) is 0 Å². The molecule has 2 aromatic rings. The quantitative estimate of drug-likeness (QED) is 0.330. The first-order valence-corrected chi connectivity index (χ1v) is 11.3. The molecular weight excluding hydrogens is 436 g/mol. The van der Waals surface area contributed by atoms with Crippen molar-refractivity contribution < 1.29 is 29.3 Å². The number of carbonyl (C=O) groups is 2. The van der Waals surface area contributed by atoms with Gasteiger partial charge in [-0.05, 0) is 61.5 Å². The Kier molecular flexibility index (Phi) is 7.83. The number of ketones is 1. The maximum Gasteiger partial charge on any atom is 0.295 e. The van der Waals surface area contributed by atoms with E-state index < -0.39 is 17.7 Å². The van der Waals surface area contributed by atoms with Gasteiger partial charge in [0.1, 0.15) is 11.5 Å². The minimum absolute atomic E-state index is 0.00172. The zero-order valence-corrected chi connectivity index (χ0v) is 20.3. The first-order chi connectivity index (χ1) is 16.3. The van der Waals surface area contributed by atoms with Crippen LogP contribution in [0.15, 0.2) is 42.0 Å². The molecule has 1 aliphatic heterocycles. The first-order valence-electron chi connectivity index (χ1n) is 11.3. The molecule has 2 N–H and O–H groups in total. The molecule has 182 valence electrons. The second kappa shape index (κ2) is 10.6.